The summed E-state index contributed by atoms with van der Waals surface area (Å²) in [5, 5.41) is 0.0685. The molecule has 1 aliphatic heterocycles. The summed E-state index contributed by atoms with van der Waals surface area (Å²) in [4.78, 5) is 29.0. The first-order valence-electron chi connectivity index (χ1n) is 12.1. The monoisotopic (exact) mass is 585 g/mol. The molecule has 1 amide bonds. The Morgan fingerprint density at radius 2 is 1.69 bits per heavy atom. The van der Waals surface area contributed by atoms with Gasteiger partial charge in [0.25, 0.3) is 5.91 Å². The van der Waals surface area contributed by atoms with E-state index in [0.29, 0.717) is 29.4 Å². The van der Waals surface area contributed by atoms with E-state index in [4.69, 9.17) is 13.9 Å². The van der Waals surface area contributed by atoms with Crippen LogP contribution in [0.2, 0.25) is 0 Å². The molecule has 39 heavy (non-hydrogen) atoms. The van der Waals surface area contributed by atoms with Crippen LogP contribution in [0.5, 0.6) is 11.5 Å². The highest BCUT2D eigenvalue weighted by Crippen LogP contribution is 2.43. The third-order valence-corrected chi connectivity index (χ3v) is 7.21. The number of hydrogen-bond acceptors (Lipinski definition) is 5. The topological polar surface area (TPSA) is 69.0 Å². The number of benzene rings is 4. The van der Waals surface area contributed by atoms with Crippen LogP contribution in [0.3, 0.4) is 0 Å². The first kappa shape index (κ1) is 24.9. The van der Waals surface area contributed by atoms with Crippen LogP contribution in [0.25, 0.3) is 11.0 Å². The number of carbonyl (C=O) groups excluding carboxylic acids is 1. The van der Waals surface area contributed by atoms with E-state index >= 15 is 0 Å². The van der Waals surface area contributed by atoms with E-state index in [0.717, 1.165) is 16.1 Å². The lowest BCUT2D eigenvalue weighted by Gasteiger charge is -2.26. The summed E-state index contributed by atoms with van der Waals surface area (Å²) >= 11 is 3.43. The molecule has 6 rings (SSSR count). The Kier molecular flexibility index (Phi) is 6.40. The number of methoxy groups -OCH3 is 1. The number of anilines is 1. The number of fused-ring (bicyclic) bond motifs is 2. The van der Waals surface area contributed by atoms with Crippen molar-refractivity contribution in [3.8, 4) is 11.5 Å². The zero-order chi connectivity index (χ0) is 27.1. The van der Waals surface area contributed by atoms with Crippen molar-refractivity contribution in [1.29, 1.82) is 0 Å². The predicted molar refractivity (Wildman–Crippen MR) is 149 cm³/mol. The Morgan fingerprint density at radius 3 is 2.44 bits per heavy atom. The van der Waals surface area contributed by atoms with Crippen molar-refractivity contribution in [2.24, 2.45) is 0 Å². The molecule has 4 aromatic carbocycles. The van der Waals surface area contributed by atoms with Crippen LogP contribution >= 0.6 is 15.9 Å². The lowest BCUT2D eigenvalue weighted by molar-refractivity contribution is 0.0971. The molecule has 1 aromatic heterocycles. The fourth-order valence-corrected chi connectivity index (χ4v) is 5.10. The fourth-order valence-electron chi connectivity index (χ4n) is 4.84. The SMILES string of the molecule is COc1cc(C2c3c(oc4ccc(F)cc4c3=O)C(=O)N2c2ccc(Br)cc2)ccc1OCc1ccccc1. The first-order valence-corrected chi connectivity index (χ1v) is 12.9. The fraction of sp³-hybridized carbons (Fsp3) is 0.0968. The van der Waals surface area contributed by atoms with Gasteiger partial charge in [-0.1, -0.05) is 52.3 Å². The summed E-state index contributed by atoms with van der Waals surface area (Å²) in [6.45, 7) is 0.341. The van der Waals surface area contributed by atoms with Crippen molar-refractivity contribution in [3.63, 3.8) is 0 Å². The number of ether oxygens (including phenoxy) is 2. The summed E-state index contributed by atoms with van der Waals surface area (Å²) in [5.41, 5.74) is 1.99. The van der Waals surface area contributed by atoms with Crippen LogP contribution in [-0.4, -0.2) is 13.0 Å². The molecule has 194 valence electrons. The Bertz CT molecular complexity index is 1770. The van der Waals surface area contributed by atoms with Gasteiger partial charge in [-0.25, -0.2) is 4.39 Å². The van der Waals surface area contributed by atoms with E-state index in [2.05, 4.69) is 15.9 Å². The maximum atomic E-state index is 14.1. The molecule has 0 fully saturated rings. The average molecular weight is 586 g/mol. The van der Waals surface area contributed by atoms with Gasteiger partial charge in [0.15, 0.2) is 16.9 Å². The van der Waals surface area contributed by atoms with Gasteiger partial charge in [0, 0.05) is 10.2 Å². The van der Waals surface area contributed by atoms with E-state index in [9.17, 15) is 14.0 Å². The predicted octanol–water partition coefficient (Wildman–Crippen LogP) is 7.03. The quantitative estimate of drug-likeness (QED) is 0.214. The molecule has 2 heterocycles. The largest absolute Gasteiger partial charge is 0.493 e. The molecule has 0 saturated carbocycles. The third kappa shape index (κ3) is 4.46. The number of amides is 1. The molecular weight excluding hydrogens is 565 g/mol. The van der Waals surface area contributed by atoms with E-state index < -0.39 is 23.2 Å². The van der Waals surface area contributed by atoms with Crippen LogP contribution in [0.1, 0.15) is 33.3 Å². The molecule has 1 unspecified atom stereocenters. The van der Waals surface area contributed by atoms with Crippen molar-refractivity contribution in [1.82, 2.24) is 0 Å². The second-order valence-corrected chi connectivity index (χ2v) is 9.97. The number of halogens is 2. The van der Waals surface area contributed by atoms with Gasteiger partial charge in [-0.05, 0) is 65.7 Å². The smallest absolute Gasteiger partial charge is 0.295 e. The van der Waals surface area contributed by atoms with E-state index in [1.165, 1.54) is 24.1 Å². The molecule has 0 spiro atoms. The average Bonchev–Trinajstić information content (AvgIpc) is 3.25. The molecule has 0 radical (unpaired) electrons. The van der Waals surface area contributed by atoms with Gasteiger partial charge < -0.3 is 13.9 Å². The molecule has 1 aliphatic rings. The standard InChI is InChI=1S/C31H21BrFNO5/c1-37-26-15-19(7-13-25(26)38-17-18-5-3-2-4-6-18)28-27-29(35)23-16-21(33)10-14-24(23)39-30(27)31(36)34(28)22-11-8-20(32)9-12-22/h2-16,28H,17H2,1H3. The Morgan fingerprint density at radius 1 is 0.923 bits per heavy atom. The summed E-state index contributed by atoms with van der Waals surface area (Å²) in [6, 6.07) is 25.0. The van der Waals surface area contributed by atoms with Gasteiger partial charge in [0.05, 0.1) is 24.1 Å². The highest BCUT2D eigenvalue weighted by molar-refractivity contribution is 9.10. The minimum atomic E-state index is -0.838. The number of carbonyl (C=O) groups is 1. The van der Waals surface area contributed by atoms with Crippen molar-refractivity contribution in [2.75, 3.05) is 12.0 Å². The second kappa shape index (κ2) is 10.0. The van der Waals surface area contributed by atoms with Gasteiger partial charge in [-0.2, -0.15) is 0 Å². The molecule has 0 bridgehead atoms. The maximum absolute atomic E-state index is 14.1. The number of hydrogen-bond donors (Lipinski definition) is 0. The number of nitrogens with zero attached hydrogens (tertiary/aromatic N) is 1. The van der Waals surface area contributed by atoms with Gasteiger partial charge in [0.1, 0.15) is 18.0 Å². The molecule has 8 heteroatoms. The molecule has 5 aromatic rings. The minimum absolute atomic E-state index is 0.0685. The molecule has 1 atom stereocenters. The third-order valence-electron chi connectivity index (χ3n) is 6.68. The van der Waals surface area contributed by atoms with Gasteiger partial charge in [-0.3, -0.25) is 14.5 Å². The van der Waals surface area contributed by atoms with Crippen LogP contribution in [-0.2, 0) is 6.61 Å². The minimum Gasteiger partial charge on any atom is -0.493 e. The number of rotatable bonds is 6. The molecular formula is C31H21BrFNO5. The Balaban J connectivity index is 1.49. The summed E-state index contributed by atoms with van der Waals surface area (Å²) in [7, 11) is 1.53. The van der Waals surface area contributed by atoms with Crippen molar-refractivity contribution >= 4 is 38.5 Å². The lowest BCUT2D eigenvalue weighted by atomic mass is 9.97. The first-order chi connectivity index (χ1) is 18.9. The zero-order valence-electron chi connectivity index (χ0n) is 20.7. The van der Waals surface area contributed by atoms with Crippen molar-refractivity contribution < 1.29 is 23.1 Å². The summed E-state index contributed by atoms with van der Waals surface area (Å²) in [5.74, 6) is -0.157. The lowest BCUT2D eigenvalue weighted by Crippen LogP contribution is -2.29. The van der Waals surface area contributed by atoms with Crippen molar-refractivity contribution in [2.45, 2.75) is 12.6 Å². The van der Waals surface area contributed by atoms with Gasteiger partial charge >= 0.3 is 0 Å². The summed E-state index contributed by atoms with van der Waals surface area (Å²) < 4.78 is 32.5. The van der Waals surface area contributed by atoms with Gasteiger partial charge in [0.2, 0.25) is 5.76 Å². The Hall–Kier alpha value is -4.43. The highest BCUT2D eigenvalue weighted by Gasteiger charge is 2.44. The van der Waals surface area contributed by atoms with Crippen LogP contribution in [0.4, 0.5) is 10.1 Å². The van der Waals surface area contributed by atoms with Crippen LogP contribution in [0.15, 0.2) is 105 Å². The van der Waals surface area contributed by atoms with E-state index in [1.807, 2.05) is 42.5 Å². The molecule has 0 aliphatic carbocycles. The molecule has 0 N–H and O–H groups in total. The second-order valence-electron chi connectivity index (χ2n) is 9.05. The molecule has 0 saturated heterocycles. The highest BCUT2D eigenvalue weighted by atomic mass is 79.9. The maximum Gasteiger partial charge on any atom is 0.295 e. The Labute approximate surface area is 231 Å². The van der Waals surface area contributed by atoms with Crippen LogP contribution in [0, 0.1) is 5.82 Å². The summed E-state index contributed by atoms with van der Waals surface area (Å²) in [6.07, 6.45) is 0. The van der Waals surface area contributed by atoms with Crippen molar-refractivity contribution in [3.05, 3.63) is 134 Å². The zero-order valence-corrected chi connectivity index (χ0v) is 22.3. The van der Waals surface area contributed by atoms with E-state index in [1.54, 1.807) is 30.3 Å². The van der Waals surface area contributed by atoms with Gasteiger partial charge in [-0.15, -0.1) is 0 Å². The van der Waals surface area contributed by atoms with E-state index in [-0.39, 0.29) is 22.3 Å². The molecule has 6 nitrogen and oxygen atoms in total. The normalized spacial score (nSPS) is 14.5. The van der Waals surface area contributed by atoms with Crippen LogP contribution < -0.4 is 19.8 Å².